The summed E-state index contributed by atoms with van der Waals surface area (Å²) in [6.45, 7) is 3.07. The van der Waals surface area contributed by atoms with Crippen molar-refractivity contribution in [2.75, 3.05) is 12.4 Å². The van der Waals surface area contributed by atoms with E-state index < -0.39 is 0 Å². The minimum atomic E-state index is 0.337. The van der Waals surface area contributed by atoms with Gasteiger partial charge < -0.3 is 14.8 Å². The lowest BCUT2D eigenvalue weighted by molar-refractivity contribution is 0.282. The number of halogens is 3. The molecule has 4 nitrogen and oxygen atoms in total. The molecular weight excluding hydrogens is 591 g/mol. The highest BCUT2D eigenvalue weighted by molar-refractivity contribution is 9.10. The number of thiazole rings is 1. The van der Waals surface area contributed by atoms with Gasteiger partial charge in [-0.05, 0) is 100 Å². The average molecular weight is 614 g/mol. The first kappa shape index (κ1) is 25.9. The van der Waals surface area contributed by atoms with E-state index in [9.17, 15) is 0 Å². The summed E-state index contributed by atoms with van der Waals surface area (Å²) >= 11 is 17.5. The molecule has 0 amide bonds. The van der Waals surface area contributed by atoms with Crippen molar-refractivity contribution in [2.24, 2.45) is 0 Å². The number of hydrogen-bond donors (Lipinski definition) is 1. The van der Waals surface area contributed by atoms with Crippen LogP contribution in [0.4, 0.5) is 5.69 Å². The molecule has 0 aliphatic carbocycles. The molecule has 1 N–H and O–H groups in total. The van der Waals surface area contributed by atoms with Gasteiger partial charge in [-0.1, -0.05) is 35.3 Å². The van der Waals surface area contributed by atoms with Crippen molar-refractivity contribution in [1.29, 1.82) is 0 Å². The Morgan fingerprint density at radius 2 is 1.73 bits per heavy atom. The molecule has 0 fully saturated rings. The zero-order chi connectivity index (χ0) is 25.9. The molecule has 5 rings (SSSR count). The molecule has 0 atom stereocenters. The van der Waals surface area contributed by atoms with E-state index in [1.807, 2.05) is 18.2 Å². The first-order valence-corrected chi connectivity index (χ1v) is 13.9. The summed E-state index contributed by atoms with van der Waals surface area (Å²) in [5.74, 6) is 1.28. The van der Waals surface area contributed by atoms with Gasteiger partial charge in [-0.15, -0.1) is 11.3 Å². The first-order chi connectivity index (χ1) is 17.9. The number of hydrogen-bond acceptors (Lipinski definition) is 5. The number of nitrogens with zero attached hydrogens (tertiary/aromatic N) is 1. The predicted molar refractivity (Wildman–Crippen MR) is 159 cm³/mol. The van der Waals surface area contributed by atoms with Gasteiger partial charge in [0, 0.05) is 17.8 Å². The van der Waals surface area contributed by atoms with Crippen LogP contribution in [-0.2, 0) is 13.2 Å². The van der Waals surface area contributed by atoms with E-state index in [0.29, 0.717) is 34.7 Å². The number of aromatic nitrogens is 1. The van der Waals surface area contributed by atoms with E-state index in [1.54, 1.807) is 30.6 Å². The normalized spacial score (nSPS) is 11.1. The number of anilines is 1. The van der Waals surface area contributed by atoms with Gasteiger partial charge in [0.15, 0.2) is 11.5 Å². The second-order valence-corrected chi connectivity index (χ2v) is 11.3. The molecule has 37 heavy (non-hydrogen) atoms. The fourth-order valence-electron chi connectivity index (χ4n) is 3.89. The van der Waals surface area contributed by atoms with Crippen LogP contribution < -0.4 is 14.8 Å². The molecule has 0 radical (unpaired) electrons. The molecule has 0 bridgehead atoms. The molecular formula is C29H23BrCl2N2O2S. The van der Waals surface area contributed by atoms with Gasteiger partial charge in [-0.25, -0.2) is 4.98 Å². The third-order valence-electron chi connectivity index (χ3n) is 5.83. The third kappa shape index (κ3) is 6.04. The largest absolute Gasteiger partial charge is 0.493 e. The van der Waals surface area contributed by atoms with Crippen LogP contribution in [0.1, 0.15) is 16.7 Å². The van der Waals surface area contributed by atoms with Crippen LogP contribution in [0.2, 0.25) is 10.0 Å². The summed E-state index contributed by atoms with van der Waals surface area (Å²) in [5.41, 5.74) is 6.39. The van der Waals surface area contributed by atoms with E-state index in [0.717, 1.165) is 37.4 Å². The molecule has 0 unspecified atom stereocenters. The second kappa shape index (κ2) is 11.3. The van der Waals surface area contributed by atoms with Crippen molar-refractivity contribution in [3.05, 3.63) is 104 Å². The van der Waals surface area contributed by atoms with Gasteiger partial charge in [0.25, 0.3) is 0 Å². The fraction of sp³-hybridized carbons (Fsp3) is 0.138. The maximum absolute atomic E-state index is 6.12. The van der Waals surface area contributed by atoms with Gasteiger partial charge in [0.1, 0.15) is 11.6 Å². The fourth-order valence-corrected chi connectivity index (χ4v) is 5.88. The Morgan fingerprint density at radius 1 is 0.919 bits per heavy atom. The third-order valence-corrected chi connectivity index (χ3v) is 8.22. The zero-order valence-corrected chi connectivity index (χ0v) is 24.1. The topological polar surface area (TPSA) is 43.4 Å². The highest BCUT2D eigenvalue weighted by Gasteiger charge is 2.13. The van der Waals surface area contributed by atoms with Crippen LogP contribution >= 0.6 is 50.5 Å². The summed E-state index contributed by atoms with van der Waals surface area (Å²) in [5, 5.41) is 5.52. The predicted octanol–water partition coefficient (Wildman–Crippen LogP) is 9.54. The minimum absolute atomic E-state index is 0.337. The van der Waals surface area contributed by atoms with Gasteiger partial charge in [0.05, 0.1) is 31.8 Å². The zero-order valence-electron chi connectivity index (χ0n) is 20.1. The minimum Gasteiger partial charge on any atom is -0.493 e. The number of fused-ring (bicyclic) bond motifs is 1. The quantitative estimate of drug-likeness (QED) is 0.189. The molecule has 5 aromatic rings. The number of benzene rings is 4. The van der Waals surface area contributed by atoms with Crippen LogP contribution in [0.15, 0.2) is 77.3 Å². The molecule has 0 aliphatic rings. The maximum atomic E-state index is 6.12. The van der Waals surface area contributed by atoms with E-state index in [4.69, 9.17) is 37.7 Å². The summed E-state index contributed by atoms with van der Waals surface area (Å²) in [6, 6.07) is 24.2. The molecule has 1 heterocycles. The van der Waals surface area contributed by atoms with Gasteiger partial charge >= 0.3 is 0 Å². The first-order valence-electron chi connectivity index (χ1n) is 11.5. The van der Waals surface area contributed by atoms with Crippen molar-refractivity contribution >= 4 is 66.4 Å². The number of methoxy groups -OCH3 is 1. The monoisotopic (exact) mass is 612 g/mol. The van der Waals surface area contributed by atoms with Gasteiger partial charge in [0.2, 0.25) is 0 Å². The van der Waals surface area contributed by atoms with Crippen molar-refractivity contribution in [3.8, 4) is 22.1 Å². The Labute approximate surface area is 238 Å². The van der Waals surface area contributed by atoms with Crippen LogP contribution in [0, 0.1) is 6.92 Å². The van der Waals surface area contributed by atoms with E-state index in [-0.39, 0.29) is 0 Å². The van der Waals surface area contributed by atoms with Gasteiger partial charge in [-0.3, -0.25) is 0 Å². The highest BCUT2D eigenvalue weighted by Crippen LogP contribution is 2.38. The van der Waals surface area contributed by atoms with E-state index in [2.05, 4.69) is 70.6 Å². The number of nitrogens with one attached hydrogen (secondary N) is 1. The number of rotatable bonds is 8. The molecule has 0 saturated carbocycles. The van der Waals surface area contributed by atoms with E-state index in [1.165, 1.54) is 10.3 Å². The molecule has 4 aromatic carbocycles. The smallest absolute Gasteiger partial charge is 0.175 e. The van der Waals surface area contributed by atoms with E-state index >= 15 is 0 Å². The van der Waals surface area contributed by atoms with Crippen molar-refractivity contribution < 1.29 is 9.47 Å². The molecule has 0 saturated heterocycles. The lowest BCUT2D eigenvalue weighted by Crippen LogP contribution is -2.03. The number of aryl methyl sites for hydroxylation is 1. The van der Waals surface area contributed by atoms with Crippen LogP contribution in [0.25, 0.3) is 20.8 Å². The standard InChI is InChI=1S/C29H23BrCl2N2O2S/c1-17-3-10-25-27(11-17)37-29(34-25)20-5-7-21(8-6-20)33-15-19-12-22(30)28(26(14-19)35-2)36-16-18-4-9-23(31)24(32)13-18/h3-14,33H,15-16H2,1-2H3. The Hall–Kier alpha value is -2.77. The summed E-state index contributed by atoms with van der Waals surface area (Å²) in [6.07, 6.45) is 0. The van der Waals surface area contributed by atoms with Crippen LogP contribution in [0.3, 0.4) is 0 Å². The molecule has 1 aromatic heterocycles. The summed E-state index contributed by atoms with van der Waals surface area (Å²) < 4.78 is 13.7. The van der Waals surface area contributed by atoms with Gasteiger partial charge in [-0.2, -0.15) is 0 Å². The van der Waals surface area contributed by atoms with Crippen molar-refractivity contribution in [3.63, 3.8) is 0 Å². The molecule has 8 heteroatoms. The SMILES string of the molecule is COc1cc(CNc2ccc(-c3nc4ccc(C)cc4s3)cc2)cc(Br)c1OCc1ccc(Cl)c(Cl)c1. The Bertz CT molecular complexity index is 1570. The number of ether oxygens (including phenoxy) is 2. The Kier molecular flexibility index (Phi) is 7.91. The van der Waals surface area contributed by atoms with Crippen LogP contribution in [-0.4, -0.2) is 12.1 Å². The van der Waals surface area contributed by atoms with Crippen LogP contribution in [0.5, 0.6) is 11.5 Å². The molecule has 0 spiro atoms. The highest BCUT2D eigenvalue weighted by atomic mass is 79.9. The average Bonchev–Trinajstić information content (AvgIpc) is 3.32. The summed E-state index contributed by atoms with van der Waals surface area (Å²) in [7, 11) is 1.63. The molecule has 0 aliphatic heterocycles. The Balaban J connectivity index is 1.25. The second-order valence-electron chi connectivity index (χ2n) is 8.57. The Morgan fingerprint density at radius 3 is 2.49 bits per heavy atom. The van der Waals surface area contributed by atoms with Crippen molar-refractivity contribution in [1.82, 2.24) is 4.98 Å². The summed E-state index contributed by atoms with van der Waals surface area (Å²) in [4.78, 5) is 4.78. The maximum Gasteiger partial charge on any atom is 0.175 e. The lowest BCUT2D eigenvalue weighted by atomic mass is 10.1. The lowest BCUT2D eigenvalue weighted by Gasteiger charge is -2.15. The molecule has 188 valence electrons. The van der Waals surface area contributed by atoms with Crippen molar-refractivity contribution in [2.45, 2.75) is 20.1 Å².